The summed E-state index contributed by atoms with van der Waals surface area (Å²) in [6.45, 7) is 6.61. The lowest BCUT2D eigenvalue weighted by Crippen LogP contribution is -2.22. The number of likely N-dealkylation sites (tertiary alicyclic amines) is 1. The highest BCUT2D eigenvalue weighted by Gasteiger charge is 2.31. The third kappa shape index (κ3) is 3.74. The van der Waals surface area contributed by atoms with E-state index < -0.39 is 0 Å². The molecule has 5 heteroatoms. The first-order valence-electron chi connectivity index (χ1n) is 8.36. The van der Waals surface area contributed by atoms with E-state index in [1.165, 1.54) is 11.1 Å². The van der Waals surface area contributed by atoms with Gasteiger partial charge in [-0.05, 0) is 43.0 Å². The van der Waals surface area contributed by atoms with Crippen LogP contribution in [0.4, 0.5) is 0 Å². The fraction of sp³-hybridized carbons (Fsp3) is 0.474. The van der Waals surface area contributed by atoms with Crippen molar-refractivity contribution < 1.29 is 9.84 Å². The number of hydrogen-bond acceptors (Lipinski definition) is 5. The van der Waals surface area contributed by atoms with Crippen molar-refractivity contribution in [2.45, 2.75) is 32.9 Å². The summed E-state index contributed by atoms with van der Waals surface area (Å²) in [6.07, 6.45) is 5.62. The number of aryl methyl sites for hydroxylation is 2. The Morgan fingerprint density at radius 2 is 2.04 bits per heavy atom. The predicted octanol–water partition coefficient (Wildman–Crippen LogP) is 2.14. The Morgan fingerprint density at radius 1 is 1.21 bits per heavy atom. The summed E-state index contributed by atoms with van der Waals surface area (Å²) in [5, 5.41) is 10.4. The van der Waals surface area contributed by atoms with Crippen molar-refractivity contribution in [3.05, 3.63) is 53.1 Å². The molecule has 0 saturated carbocycles. The number of β-amino-alcohol motifs (C(OH)–C–C–N with tert-alkyl or cyclic N) is 1. The van der Waals surface area contributed by atoms with Crippen molar-refractivity contribution in [1.82, 2.24) is 14.9 Å². The van der Waals surface area contributed by atoms with E-state index in [0.29, 0.717) is 6.54 Å². The van der Waals surface area contributed by atoms with Gasteiger partial charge in [0.2, 0.25) is 0 Å². The molecule has 0 bridgehead atoms. The summed E-state index contributed by atoms with van der Waals surface area (Å²) in [7, 11) is 1.70. The second-order valence-electron chi connectivity index (χ2n) is 6.67. The van der Waals surface area contributed by atoms with E-state index in [0.717, 1.165) is 36.5 Å². The minimum Gasteiger partial charge on any atom is -0.496 e. The first-order valence-corrected chi connectivity index (χ1v) is 8.36. The van der Waals surface area contributed by atoms with Gasteiger partial charge < -0.3 is 9.84 Å². The van der Waals surface area contributed by atoms with Crippen LogP contribution in [0.5, 0.6) is 5.75 Å². The first-order chi connectivity index (χ1) is 11.6. The van der Waals surface area contributed by atoms with E-state index in [-0.39, 0.29) is 12.0 Å². The summed E-state index contributed by atoms with van der Waals surface area (Å²) in [5.41, 5.74) is 4.61. The zero-order valence-electron chi connectivity index (χ0n) is 14.6. The molecule has 128 valence electrons. The van der Waals surface area contributed by atoms with Crippen LogP contribution in [-0.4, -0.2) is 46.3 Å². The van der Waals surface area contributed by atoms with E-state index in [4.69, 9.17) is 4.74 Å². The number of nitrogens with zero attached hydrogens (tertiary/aromatic N) is 3. The van der Waals surface area contributed by atoms with Gasteiger partial charge in [-0.25, -0.2) is 0 Å². The minimum atomic E-state index is -0.313. The van der Waals surface area contributed by atoms with E-state index in [9.17, 15) is 5.11 Å². The van der Waals surface area contributed by atoms with Crippen LogP contribution in [0.25, 0.3) is 0 Å². The average molecular weight is 327 g/mol. The Kier molecular flexibility index (Phi) is 5.11. The Labute approximate surface area is 143 Å². The second kappa shape index (κ2) is 7.28. The molecule has 2 atom stereocenters. The normalized spacial score (nSPS) is 21.2. The maximum absolute atomic E-state index is 10.4. The van der Waals surface area contributed by atoms with Crippen molar-refractivity contribution in [2.75, 3.05) is 20.2 Å². The van der Waals surface area contributed by atoms with E-state index in [1.807, 2.05) is 0 Å². The van der Waals surface area contributed by atoms with Crippen LogP contribution in [0.1, 0.15) is 22.4 Å². The van der Waals surface area contributed by atoms with Gasteiger partial charge in [-0.15, -0.1) is 0 Å². The Balaban J connectivity index is 1.66. The average Bonchev–Trinajstić information content (AvgIpc) is 2.91. The Morgan fingerprint density at radius 3 is 2.75 bits per heavy atom. The van der Waals surface area contributed by atoms with Crippen molar-refractivity contribution in [2.24, 2.45) is 5.92 Å². The summed E-state index contributed by atoms with van der Waals surface area (Å²) >= 11 is 0. The lowest BCUT2D eigenvalue weighted by Gasteiger charge is -2.18. The number of methoxy groups -OCH3 is 1. The topological polar surface area (TPSA) is 58.5 Å². The highest BCUT2D eigenvalue weighted by Crippen LogP contribution is 2.26. The van der Waals surface area contributed by atoms with E-state index in [1.54, 1.807) is 25.7 Å². The maximum atomic E-state index is 10.4. The number of ether oxygens (including phenoxy) is 1. The van der Waals surface area contributed by atoms with Crippen LogP contribution in [0.15, 0.2) is 30.7 Å². The fourth-order valence-corrected chi connectivity index (χ4v) is 3.46. The van der Waals surface area contributed by atoms with Crippen LogP contribution in [-0.2, 0) is 13.0 Å². The van der Waals surface area contributed by atoms with Crippen LogP contribution in [0.2, 0.25) is 0 Å². The zero-order chi connectivity index (χ0) is 17.1. The van der Waals surface area contributed by atoms with Gasteiger partial charge in [-0.3, -0.25) is 14.9 Å². The molecule has 0 spiro atoms. The molecule has 1 aromatic heterocycles. The summed E-state index contributed by atoms with van der Waals surface area (Å²) in [4.78, 5) is 10.8. The largest absolute Gasteiger partial charge is 0.496 e. The molecule has 1 fully saturated rings. The number of hydrogen-bond donors (Lipinski definition) is 1. The number of rotatable bonds is 5. The number of aromatic nitrogens is 2. The Hall–Kier alpha value is -1.98. The molecule has 0 unspecified atom stereocenters. The van der Waals surface area contributed by atoms with Gasteiger partial charge in [0, 0.05) is 44.1 Å². The molecule has 3 rings (SSSR count). The molecule has 2 heterocycles. The van der Waals surface area contributed by atoms with Crippen LogP contribution >= 0.6 is 0 Å². The van der Waals surface area contributed by atoms with E-state index >= 15 is 0 Å². The SMILES string of the molecule is COc1cc(C)c(CN2C[C@@H](Cc3cnccn3)[C@H](O)C2)cc1C. The molecule has 1 aliphatic rings. The van der Waals surface area contributed by atoms with Gasteiger partial charge in [0.1, 0.15) is 5.75 Å². The first kappa shape index (κ1) is 16.9. The highest BCUT2D eigenvalue weighted by molar-refractivity contribution is 5.41. The van der Waals surface area contributed by atoms with Crippen LogP contribution in [0.3, 0.4) is 0 Å². The standard InChI is InChI=1S/C19H25N3O2/c1-13-7-19(24-3)14(2)6-15(13)10-22-11-16(18(23)12-22)8-17-9-20-4-5-21-17/h4-7,9,16,18,23H,8,10-12H2,1-3H3/t16-,18-/m1/s1. The molecule has 0 aliphatic carbocycles. The monoisotopic (exact) mass is 327 g/mol. The van der Waals surface area contributed by atoms with Crippen molar-refractivity contribution in [3.63, 3.8) is 0 Å². The zero-order valence-corrected chi connectivity index (χ0v) is 14.6. The van der Waals surface area contributed by atoms with Crippen molar-refractivity contribution >= 4 is 0 Å². The molecule has 1 aliphatic heterocycles. The van der Waals surface area contributed by atoms with Gasteiger partial charge in [0.15, 0.2) is 0 Å². The molecule has 2 aromatic rings. The number of aliphatic hydroxyl groups excluding tert-OH is 1. The lowest BCUT2D eigenvalue weighted by molar-refractivity contribution is 0.140. The summed E-state index contributed by atoms with van der Waals surface area (Å²) in [6, 6.07) is 4.28. The van der Waals surface area contributed by atoms with Gasteiger partial charge in [0.05, 0.1) is 18.9 Å². The molecule has 1 aromatic carbocycles. The fourth-order valence-electron chi connectivity index (χ4n) is 3.46. The third-order valence-electron chi connectivity index (χ3n) is 4.82. The Bertz CT molecular complexity index is 691. The number of benzene rings is 1. The predicted molar refractivity (Wildman–Crippen MR) is 93.0 cm³/mol. The second-order valence-corrected chi connectivity index (χ2v) is 6.67. The summed E-state index contributed by atoms with van der Waals surface area (Å²) < 4.78 is 5.38. The van der Waals surface area contributed by atoms with Crippen molar-refractivity contribution in [1.29, 1.82) is 0 Å². The maximum Gasteiger partial charge on any atom is 0.122 e. The molecule has 0 radical (unpaired) electrons. The van der Waals surface area contributed by atoms with Gasteiger partial charge >= 0.3 is 0 Å². The van der Waals surface area contributed by atoms with Crippen LogP contribution in [0, 0.1) is 19.8 Å². The smallest absolute Gasteiger partial charge is 0.122 e. The highest BCUT2D eigenvalue weighted by atomic mass is 16.5. The van der Waals surface area contributed by atoms with Crippen LogP contribution < -0.4 is 4.74 Å². The summed E-state index contributed by atoms with van der Waals surface area (Å²) in [5.74, 6) is 1.14. The molecule has 24 heavy (non-hydrogen) atoms. The minimum absolute atomic E-state index is 0.210. The molecule has 5 nitrogen and oxygen atoms in total. The molecule has 1 saturated heterocycles. The number of aliphatic hydroxyl groups is 1. The van der Waals surface area contributed by atoms with Crippen molar-refractivity contribution in [3.8, 4) is 5.75 Å². The van der Waals surface area contributed by atoms with Gasteiger partial charge in [-0.1, -0.05) is 6.07 Å². The lowest BCUT2D eigenvalue weighted by atomic mass is 10.0. The molecule has 0 amide bonds. The third-order valence-corrected chi connectivity index (χ3v) is 4.82. The van der Waals surface area contributed by atoms with Gasteiger partial charge in [0.25, 0.3) is 0 Å². The molecular formula is C19H25N3O2. The molecule has 1 N–H and O–H groups in total. The van der Waals surface area contributed by atoms with Gasteiger partial charge in [-0.2, -0.15) is 0 Å². The van der Waals surface area contributed by atoms with E-state index in [2.05, 4.69) is 40.8 Å². The quantitative estimate of drug-likeness (QED) is 0.912. The molecular weight excluding hydrogens is 302 g/mol.